The Hall–Kier alpha value is -1.79. The molecule has 3 aliphatic heterocycles. The fraction of sp³-hybridized carbons (Fsp3) is 0.812. The van der Waals surface area contributed by atoms with Crippen molar-refractivity contribution in [3.63, 3.8) is 0 Å². The van der Waals surface area contributed by atoms with Crippen LogP contribution in [0.2, 0.25) is 0 Å². The average Bonchev–Trinajstić information content (AvgIpc) is 3.03. The Labute approximate surface area is 156 Å². The highest BCUT2D eigenvalue weighted by Gasteiger charge is 2.62. The Morgan fingerprint density at radius 1 is 0.852 bits per heavy atom. The van der Waals surface area contributed by atoms with E-state index < -0.39 is 60.0 Å². The third-order valence-corrected chi connectivity index (χ3v) is 4.30. The molecule has 3 fully saturated rings. The van der Waals surface area contributed by atoms with Crippen LogP contribution in [-0.4, -0.2) is 73.1 Å². The molecule has 3 amide bonds. The number of nitrogens with one attached hydrogen (secondary N) is 2. The van der Waals surface area contributed by atoms with Crippen LogP contribution < -0.4 is 16.4 Å². The minimum atomic E-state index is -1.06. The number of fused-ring (bicyclic) bond motifs is 3. The molecule has 0 aliphatic carbocycles. The average molecular weight is 387 g/mol. The summed E-state index contributed by atoms with van der Waals surface area (Å²) in [4.78, 5) is 34.9. The van der Waals surface area contributed by atoms with Crippen LogP contribution in [0.3, 0.4) is 0 Å². The highest BCUT2D eigenvalue weighted by Crippen LogP contribution is 2.44. The fourth-order valence-electron chi connectivity index (χ4n) is 3.34. The molecule has 5 atom stereocenters. The summed E-state index contributed by atoms with van der Waals surface area (Å²) in [7, 11) is 0. The number of carbonyl (C=O) groups is 3. The van der Waals surface area contributed by atoms with Gasteiger partial charge in [0.15, 0.2) is 24.0 Å². The van der Waals surface area contributed by atoms with Gasteiger partial charge in [0.2, 0.25) is 11.8 Å². The van der Waals surface area contributed by atoms with E-state index >= 15 is 0 Å². The molecule has 4 N–H and O–H groups in total. The van der Waals surface area contributed by atoms with Crippen LogP contribution >= 0.6 is 0 Å². The number of nitrogens with two attached hydrogens (primary N) is 1. The van der Waals surface area contributed by atoms with Crippen molar-refractivity contribution in [2.45, 2.75) is 70.0 Å². The predicted molar refractivity (Wildman–Crippen MR) is 87.7 cm³/mol. The van der Waals surface area contributed by atoms with Crippen LogP contribution in [0.4, 0.5) is 0 Å². The molecule has 3 rings (SSSR count). The molecule has 3 aliphatic rings. The molecular formula is C16H25N3O8. The van der Waals surface area contributed by atoms with Crippen LogP contribution in [-0.2, 0) is 38.1 Å². The van der Waals surface area contributed by atoms with Gasteiger partial charge in [0.25, 0.3) is 5.91 Å². The van der Waals surface area contributed by atoms with Crippen LogP contribution in [0.15, 0.2) is 0 Å². The van der Waals surface area contributed by atoms with E-state index in [1.54, 1.807) is 27.7 Å². The first kappa shape index (κ1) is 20.0. The topological polar surface area (TPSA) is 147 Å². The molecule has 5 unspecified atom stereocenters. The van der Waals surface area contributed by atoms with Gasteiger partial charge in [-0.1, -0.05) is 0 Å². The molecule has 0 saturated carbocycles. The minimum absolute atomic E-state index is 0.311. The molecule has 0 bridgehead atoms. The maximum Gasteiger partial charge on any atom is 0.252 e. The Balaban J connectivity index is 1.66. The fourth-order valence-corrected chi connectivity index (χ4v) is 3.34. The largest absolute Gasteiger partial charge is 0.368 e. The number of ether oxygens (including phenoxy) is 5. The standard InChI is InChI=1S/C16H25N3O8/c1-15(2)24-9-10(25-15)12-14(27-16(3,4)26-12)23-11(9)13(22)19-6-8(21)18-5-7(17)20/h9-12,14H,5-6H2,1-4H3,(H2,17,20)(H,18,21)(H,19,22). The molecule has 152 valence electrons. The minimum Gasteiger partial charge on any atom is -0.368 e. The van der Waals surface area contributed by atoms with E-state index in [0.29, 0.717) is 0 Å². The van der Waals surface area contributed by atoms with Gasteiger partial charge < -0.3 is 40.1 Å². The summed E-state index contributed by atoms with van der Waals surface area (Å²) >= 11 is 0. The summed E-state index contributed by atoms with van der Waals surface area (Å²) in [6.07, 6.45) is -3.71. The van der Waals surface area contributed by atoms with Gasteiger partial charge in [0, 0.05) is 0 Å². The monoisotopic (exact) mass is 387 g/mol. The van der Waals surface area contributed by atoms with Crippen LogP contribution in [0.1, 0.15) is 27.7 Å². The molecule has 0 spiro atoms. The van der Waals surface area contributed by atoms with Gasteiger partial charge in [-0.3, -0.25) is 14.4 Å². The summed E-state index contributed by atoms with van der Waals surface area (Å²) in [6, 6.07) is 0. The molecule has 3 saturated heterocycles. The van der Waals surface area contributed by atoms with Crippen molar-refractivity contribution in [3.8, 4) is 0 Å². The van der Waals surface area contributed by atoms with E-state index in [2.05, 4.69) is 10.6 Å². The second-order valence-electron chi connectivity index (χ2n) is 7.55. The Morgan fingerprint density at radius 2 is 1.44 bits per heavy atom. The third kappa shape index (κ3) is 4.38. The SMILES string of the molecule is CC1(C)OC2OC(C(=O)NCC(=O)NCC(N)=O)C3OC(C)(C)OC3C2O1. The number of amides is 3. The summed E-state index contributed by atoms with van der Waals surface area (Å²) < 4.78 is 29.1. The lowest BCUT2D eigenvalue weighted by atomic mass is 9.98. The Kier molecular flexibility index (Phi) is 5.16. The first-order chi connectivity index (χ1) is 12.5. The number of hydrogen-bond donors (Lipinski definition) is 3. The lowest BCUT2D eigenvalue weighted by molar-refractivity contribution is -0.231. The van der Waals surface area contributed by atoms with E-state index in [0.717, 1.165) is 0 Å². The molecule has 0 aromatic carbocycles. The smallest absolute Gasteiger partial charge is 0.252 e. The molecule has 11 heteroatoms. The highest BCUT2D eigenvalue weighted by atomic mass is 16.9. The van der Waals surface area contributed by atoms with Gasteiger partial charge in [-0.05, 0) is 27.7 Å². The first-order valence-electron chi connectivity index (χ1n) is 8.67. The van der Waals surface area contributed by atoms with Crippen molar-refractivity contribution in [3.05, 3.63) is 0 Å². The Morgan fingerprint density at radius 3 is 2.11 bits per heavy atom. The molecular weight excluding hydrogens is 362 g/mol. The molecule has 0 aromatic rings. The maximum absolute atomic E-state index is 12.6. The second kappa shape index (κ2) is 6.99. The normalized spacial score (nSPS) is 35.8. The van der Waals surface area contributed by atoms with Gasteiger partial charge in [-0.15, -0.1) is 0 Å². The molecule has 0 aromatic heterocycles. The van der Waals surface area contributed by atoms with E-state index in [1.807, 2.05) is 0 Å². The lowest BCUT2D eigenvalue weighted by Gasteiger charge is -2.36. The van der Waals surface area contributed by atoms with E-state index in [9.17, 15) is 14.4 Å². The van der Waals surface area contributed by atoms with Crippen LogP contribution in [0, 0.1) is 0 Å². The highest BCUT2D eigenvalue weighted by molar-refractivity contribution is 5.89. The zero-order valence-electron chi connectivity index (χ0n) is 15.6. The molecule has 11 nitrogen and oxygen atoms in total. The van der Waals surface area contributed by atoms with Crippen molar-refractivity contribution in [2.24, 2.45) is 5.73 Å². The summed E-state index contributed by atoms with van der Waals surface area (Å²) in [5.74, 6) is -3.62. The number of rotatable bonds is 5. The van der Waals surface area contributed by atoms with Crippen molar-refractivity contribution < 1.29 is 38.1 Å². The maximum atomic E-state index is 12.6. The van der Waals surface area contributed by atoms with E-state index in [1.165, 1.54) is 0 Å². The number of primary amides is 1. The summed E-state index contributed by atoms with van der Waals surface area (Å²) in [6.45, 7) is 6.28. The van der Waals surface area contributed by atoms with Gasteiger partial charge >= 0.3 is 0 Å². The molecule has 3 heterocycles. The summed E-state index contributed by atoms with van der Waals surface area (Å²) in [5.41, 5.74) is 4.95. The number of carbonyl (C=O) groups excluding carboxylic acids is 3. The van der Waals surface area contributed by atoms with Gasteiger partial charge in [0.05, 0.1) is 13.1 Å². The third-order valence-electron chi connectivity index (χ3n) is 4.30. The Bertz CT molecular complexity index is 637. The summed E-state index contributed by atoms with van der Waals surface area (Å²) in [5, 5.41) is 4.73. The molecule has 0 radical (unpaired) electrons. The van der Waals surface area contributed by atoms with Crippen molar-refractivity contribution in [1.29, 1.82) is 0 Å². The van der Waals surface area contributed by atoms with Crippen LogP contribution in [0.5, 0.6) is 0 Å². The predicted octanol–water partition coefficient (Wildman–Crippen LogP) is -1.90. The second-order valence-corrected chi connectivity index (χ2v) is 7.55. The van der Waals surface area contributed by atoms with E-state index in [4.69, 9.17) is 29.4 Å². The van der Waals surface area contributed by atoms with Crippen LogP contribution in [0.25, 0.3) is 0 Å². The quantitative estimate of drug-likeness (QED) is 0.496. The first-order valence-corrected chi connectivity index (χ1v) is 8.67. The number of hydrogen-bond acceptors (Lipinski definition) is 8. The van der Waals surface area contributed by atoms with Gasteiger partial charge in [-0.2, -0.15) is 0 Å². The lowest BCUT2D eigenvalue weighted by Crippen LogP contribution is -2.60. The van der Waals surface area contributed by atoms with E-state index in [-0.39, 0.29) is 13.1 Å². The zero-order chi connectivity index (χ0) is 20.0. The zero-order valence-corrected chi connectivity index (χ0v) is 15.6. The van der Waals surface area contributed by atoms with Gasteiger partial charge in [0.1, 0.15) is 18.3 Å². The molecule has 27 heavy (non-hydrogen) atoms. The van der Waals surface area contributed by atoms with Gasteiger partial charge in [-0.25, -0.2) is 0 Å². The van der Waals surface area contributed by atoms with Crippen molar-refractivity contribution in [2.75, 3.05) is 13.1 Å². The van der Waals surface area contributed by atoms with Crippen molar-refractivity contribution >= 4 is 17.7 Å². The van der Waals surface area contributed by atoms with Crippen molar-refractivity contribution in [1.82, 2.24) is 10.6 Å².